The number of allylic oxidation sites excluding steroid dienone is 1. The zero-order chi connectivity index (χ0) is 23.9. The number of hydrogen-bond donors (Lipinski definition) is 1. The molecular formula is C24H23N3O5S. The number of fused-ring (bicyclic) bond motifs is 2. The Morgan fingerprint density at radius 3 is 2.73 bits per heavy atom. The molecule has 0 unspecified atom stereocenters. The topological polar surface area (TPSA) is 108 Å². The van der Waals surface area contributed by atoms with Crippen molar-refractivity contribution in [3.8, 4) is 5.75 Å². The van der Waals surface area contributed by atoms with E-state index in [0.717, 1.165) is 39.0 Å². The van der Waals surface area contributed by atoms with E-state index in [2.05, 4.69) is 10.3 Å². The molecule has 1 N–H and O–H groups in total. The Bertz CT molecular complexity index is 1450. The molecule has 8 nitrogen and oxygen atoms in total. The van der Waals surface area contributed by atoms with Gasteiger partial charge in [0.25, 0.3) is 5.69 Å². The molecule has 170 valence electrons. The van der Waals surface area contributed by atoms with Gasteiger partial charge in [-0.05, 0) is 57.9 Å². The molecule has 0 saturated carbocycles. The molecule has 0 aliphatic heterocycles. The first-order valence-corrected chi connectivity index (χ1v) is 11.2. The second kappa shape index (κ2) is 8.67. The third-order valence-electron chi connectivity index (χ3n) is 5.52. The van der Waals surface area contributed by atoms with Gasteiger partial charge in [-0.1, -0.05) is 11.3 Å². The van der Waals surface area contributed by atoms with Gasteiger partial charge < -0.3 is 9.15 Å². The molecule has 0 atom stereocenters. The van der Waals surface area contributed by atoms with E-state index in [1.807, 2.05) is 40.7 Å². The van der Waals surface area contributed by atoms with Gasteiger partial charge in [-0.15, -0.1) is 0 Å². The fraction of sp³-hybridized carbons (Fsp3) is 0.250. The summed E-state index contributed by atoms with van der Waals surface area (Å²) < 4.78 is 12.5. The van der Waals surface area contributed by atoms with Crippen molar-refractivity contribution in [1.29, 1.82) is 0 Å². The monoisotopic (exact) mass is 465 g/mol. The van der Waals surface area contributed by atoms with Crippen molar-refractivity contribution in [2.45, 2.75) is 34.6 Å². The third-order valence-corrected chi connectivity index (χ3v) is 6.45. The molecule has 33 heavy (non-hydrogen) atoms. The zero-order valence-corrected chi connectivity index (χ0v) is 19.8. The molecule has 2 aromatic carbocycles. The highest BCUT2D eigenvalue weighted by molar-refractivity contribution is 7.22. The Kier molecular flexibility index (Phi) is 5.90. The zero-order valence-electron chi connectivity index (χ0n) is 18.9. The van der Waals surface area contributed by atoms with Crippen LogP contribution in [0.5, 0.6) is 5.75 Å². The van der Waals surface area contributed by atoms with Crippen LogP contribution in [0.3, 0.4) is 0 Å². The lowest BCUT2D eigenvalue weighted by atomic mass is 9.98. The summed E-state index contributed by atoms with van der Waals surface area (Å²) in [5.74, 6) is 1.19. The number of carbonyl (C=O) groups is 1. The number of nitro groups is 1. The summed E-state index contributed by atoms with van der Waals surface area (Å²) in [6.07, 6.45) is 1.50. The number of thiazole rings is 1. The van der Waals surface area contributed by atoms with Crippen LogP contribution in [-0.4, -0.2) is 22.4 Å². The molecule has 0 bridgehead atoms. The van der Waals surface area contributed by atoms with Crippen LogP contribution in [-0.2, 0) is 4.79 Å². The van der Waals surface area contributed by atoms with Crippen LogP contribution in [0.1, 0.15) is 36.3 Å². The largest absolute Gasteiger partial charge is 0.493 e. The SMILES string of the molecule is CCOc1c(/C(C)=C/C(=O)Nc2nc3ccc([N+](=O)[O-])cc3s2)cc2c(C)c(C)oc2c1C. The normalized spacial score (nSPS) is 11.8. The number of nitrogens with one attached hydrogen (secondary N) is 1. The van der Waals surface area contributed by atoms with Crippen LogP contribution in [0, 0.1) is 30.9 Å². The van der Waals surface area contributed by atoms with Gasteiger partial charge in [-0.3, -0.25) is 20.2 Å². The minimum atomic E-state index is -0.457. The Morgan fingerprint density at radius 2 is 2.03 bits per heavy atom. The summed E-state index contributed by atoms with van der Waals surface area (Å²) in [5, 5.41) is 15.1. The minimum Gasteiger partial charge on any atom is -0.493 e. The van der Waals surface area contributed by atoms with E-state index >= 15 is 0 Å². The molecule has 0 aliphatic rings. The molecule has 0 saturated heterocycles. The highest BCUT2D eigenvalue weighted by atomic mass is 32.1. The first kappa shape index (κ1) is 22.5. The summed E-state index contributed by atoms with van der Waals surface area (Å²) in [4.78, 5) is 27.6. The van der Waals surface area contributed by atoms with Gasteiger partial charge in [0.15, 0.2) is 5.13 Å². The van der Waals surface area contributed by atoms with Crippen LogP contribution < -0.4 is 10.1 Å². The average Bonchev–Trinajstić information content (AvgIpc) is 3.29. The number of ether oxygens (including phenoxy) is 1. The number of nitro benzene ring substituents is 1. The maximum atomic E-state index is 12.7. The predicted octanol–water partition coefficient (Wildman–Crippen LogP) is 6.32. The van der Waals surface area contributed by atoms with Crippen molar-refractivity contribution >= 4 is 54.8 Å². The number of rotatable bonds is 6. The van der Waals surface area contributed by atoms with E-state index in [4.69, 9.17) is 9.15 Å². The lowest BCUT2D eigenvalue weighted by molar-refractivity contribution is -0.384. The van der Waals surface area contributed by atoms with E-state index < -0.39 is 4.92 Å². The van der Waals surface area contributed by atoms with Gasteiger partial charge >= 0.3 is 0 Å². The average molecular weight is 466 g/mol. The second-order valence-electron chi connectivity index (χ2n) is 7.72. The summed E-state index contributed by atoms with van der Waals surface area (Å²) in [7, 11) is 0. The molecule has 1 amide bonds. The fourth-order valence-electron chi connectivity index (χ4n) is 3.73. The molecule has 2 heterocycles. The van der Waals surface area contributed by atoms with E-state index in [0.29, 0.717) is 27.7 Å². The summed E-state index contributed by atoms with van der Waals surface area (Å²) in [5.41, 5.74) is 4.86. The van der Waals surface area contributed by atoms with Crippen molar-refractivity contribution in [3.05, 3.63) is 62.9 Å². The molecular weight excluding hydrogens is 442 g/mol. The number of nitrogens with zero attached hydrogens (tertiary/aromatic N) is 2. The van der Waals surface area contributed by atoms with Crippen molar-refractivity contribution in [3.63, 3.8) is 0 Å². The number of amides is 1. The number of aryl methyl sites for hydroxylation is 3. The van der Waals surface area contributed by atoms with E-state index in [9.17, 15) is 14.9 Å². The van der Waals surface area contributed by atoms with Gasteiger partial charge in [0.2, 0.25) is 5.91 Å². The van der Waals surface area contributed by atoms with Crippen molar-refractivity contribution < 1.29 is 18.9 Å². The maximum Gasteiger partial charge on any atom is 0.270 e. The Labute approximate surface area is 194 Å². The Morgan fingerprint density at radius 1 is 1.27 bits per heavy atom. The van der Waals surface area contributed by atoms with Crippen molar-refractivity contribution in [1.82, 2.24) is 4.98 Å². The smallest absolute Gasteiger partial charge is 0.270 e. The first-order chi connectivity index (χ1) is 15.7. The molecule has 0 aliphatic carbocycles. The van der Waals surface area contributed by atoms with Crippen LogP contribution in [0.2, 0.25) is 0 Å². The van der Waals surface area contributed by atoms with E-state index in [1.54, 1.807) is 6.07 Å². The number of furan rings is 1. The van der Waals surface area contributed by atoms with Crippen LogP contribution >= 0.6 is 11.3 Å². The van der Waals surface area contributed by atoms with E-state index in [-0.39, 0.29) is 11.6 Å². The molecule has 2 aromatic heterocycles. The number of hydrogen-bond acceptors (Lipinski definition) is 7. The molecule has 0 fully saturated rings. The van der Waals surface area contributed by atoms with Gasteiger partial charge in [0.1, 0.15) is 17.1 Å². The molecule has 4 rings (SSSR count). The van der Waals surface area contributed by atoms with Gasteiger partial charge in [0.05, 0.1) is 21.7 Å². The predicted molar refractivity (Wildman–Crippen MR) is 130 cm³/mol. The molecule has 9 heteroatoms. The number of anilines is 1. The number of benzene rings is 2. The maximum absolute atomic E-state index is 12.7. The highest BCUT2D eigenvalue weighted by Gasteiger charge is 2.19. The summed E-state index contributed by atoms with van der Waals surface area (Å²) >= 11 is 1.19. The first-order valence-electron chi connectivity index (χ1n) is 10.4. The second-order valence-corrected chi connectivity index (χ2v) is 8.75. The standard InChI is InChI=1S/C24H23N3O5S/c1-6-31-22-14(4)23-18(13(3)15(5)32-23)11-17(22)12(2)9-21(28)26-24-25-19-8-7-16(27(29)30)10-20(19)33-24/h7-11H,6H2,1-5H3,(H,25,26,28)/b12-9+. The van der Waals surface area contributed by atoms with Crippen molar-refractivity contribution in [2.75, 3.05) is 11.9 Å². The molecule has 4 aromatic rings. The number of aromatic nitrogens is 1. The summed E-state index contributed by atoms with van der Waals surface area (Å²) in [6, 6.07) is 6.41. The van der Waals surface area contributed by atoms with Crippen molar-refractivity contribution in [2.24, 2.45) is 0 Å². The third kappa shape index (κ3) is 4.19. The molecule has 0 radical (unpaired) electrons. The van der Waals surface area contributed by atoms with E-state index in [1.165, 1.54) is 29.5 Å². The fourth-order valence-corrected chi connectivity index (χ4v) is 4.63. The van der Waals surface area contributed by atoms with Crippen LogP contribution in [0.25, 0.3) is 26.8 Å². The van der Waals surface area contributed by atoms with Gasteiger partial charge in [-0.25, -0.2) is 4.98 Å². The molecule has 0 spiro atoms. The quantitative estimate of drug-likeness (QED) is 0.203. The summed E-state index contributed by atoms with van der Waals surface area (Å²) in [6.45, 7) is 10.1. The number of non-ortho nitro benzene ring substituents is 1. The highest BCUT2D eigenvalue weighted by Crippen LogP contribution is 2.39. The van der Waals surface area contributed by atoms with Crippen LogP contribution in [0.15, 0.2) is 34.8 Å². The number of carbonyl (C=O) groups excluding carboxylic acids is 1. The lowest BCUT2D eigenvalue weighted by Gasteiger charge is -2.14. The Balaban J connectivity index is 1.67. The Hall–Kier alpha value is -3.72. The van der Waals surface area contributed by atoms with Gasteiger partial charge in [-0.2, -0.15) is 0 Å². The minimum absolute atomic E-state index is 0.0150. The lowest BCUT2D eigenvalue weighted by Crippen LogP contribution is -2.08. The van der Waals surface area contributed by atoms with Gasteiger partial charge in [0, 0.05) is 34.7 Å². The van der Waals surface area contributed by atoms with Crippen LogP contribution in [0.4, 0.5) is 10.8 Å².